The summed E-state index contributed by atoms with van der Waals surface area (Å²) in [6, 6.07) is 10.2. The van der Waals surface area contributed by atoms with E-state index in [1.54, 1.807) is 11.3 Å². The van der Waals surface area contributed by atoms with Gasteiger partial charge in [-0.2, -0.15) is 5.10 Å². The fourth-order valence-electron chi connectivity index (χ4n) is 3.73. The number of rotatable bonds is 3. The van der Waals surface area contributed by atoms with Gasteiger partial charge in [-0.05, 0) is 44.1 Å². The van der Waals surface area contributed by atoms with Gasteiger partial charge in [0, 0.05) is 28.9 Å². The second kappa shape index (κ2) is 6.75. The normalized spacial score (nSPS) is 15.4. The second-order valence-corrected chi connectivity index (χ2v) is 7.90. The van der Waals surface area contributed by atoms with Crippen molar-refractivity contribution in [3.05, 3.63) is 48.4 Å². The molecule has 1 aliphatic rings. The van der Waals surface area contributed by atoms with E-state index in [-0.39, 0.29) is 0 Å². The molecule has 1 fully saturated rings. The monoisotopic (exact) mass is 376 g/mol. The third-order valence-electron chi connectivity index (χ3n) is 5.17. The minimum absolute atomic E-state index is 0.493. The lowest BCUT2D eigenvalue weighted by atomic mass is 9.90. The zero-order valence-corrected chi connectivity index (χ0v) is 15.6. The van der Waals surface area contributed by atoms with Gasteiger partial charge in [0.15, 0.2) is 0 Å². The van der Waals surface area contributed by atoms with Gasteiger partial charge in [-0.25, -0.2) is 9.97 Å². The van der Waals surface area contributed by atoms with Crippen LogP contribution in [-0.2, 0) is 0 Å². The zero-order chi connectivity index (χ0) is 18.2. The number of fused-ring (bicyclic) bond motifs is 1. The van der Waals surface area contributed by atoms with E-state index in [2.05, 4.69) is 32.6 Å². The lowest BCUT2D eigenvalue weighted by Crippen LogP contribution is -2.27. The molecule has 0 spiro atoms. The van der Waals surface area contributed by atoms with E-state index >= 15 is 0 Å². The number of pyridine rings is 1. The SMILES string of the molecule is Nc1ncc(-c2cn[nH]c2C2CCNCC2)cc1-c1nc2ccccc2s1. The molecule has 4 aromatic rings. The van der Waals surface area contributed by atoms with Crippen molar-refractivity contribution >= 4 is 27.4 Å². The Hall–Kier alpha value is -2.77. The van der Waals surface area contributed by atoms with Crippen LogP contribution in [0.4, 0.5) is 5.82 Å². The van der Waals surface area contributed by atoms with E-state index in [0.29, 0.717) is 11.7 Å². The molecule has 4 N–H and O–H groups in total. The predicted octanol–water partition coefficient (Wildman–Crippen LogP) is 3.80. The number of nitrogen functional groups attached to an aromatic ring is 1. The van der Waals surface area contributed by atoms with Crippen LogP contribution in [-0.4, -0.2) is 33.3 Å². The maximum Gasteiger partial charge on any atom is 0.133 e. The number of aromatic amines is 1. The van der Waals surface area contributed by atoms with Crippen LogP contribution in [0.25, 0.3) is 31.9 Å². The van der Waals surface area contributed by atoms with Crippen molar-refractivity contribution in [1.82, 2.24) is 25.5 Å². The minimum Gasteiger partial charge on any atom is -0.383 e. The number of hydrogen-bond donors (Lipinski definition) is 3. The first-order chi connectivity index (χ1) is 13.3. The summed E-state index contributed by atoms with van der Waals surface area (Å²) in [7, 11) is 0. The van der Waals surface area contributed by atoms with E-state index in [4.69, 9.17) is 10.7 Å². The van der Waals surface area contributed by atoms with E-state index in [1.807, 2.05) is 30.6 Å². The number of para-hydroxylation sites is 1. The first kappa shape index (κ1) is 16.4. The summed E-state index contributed by atoms with van der Waals surface area (Å²) in [4.78, 5) is 9.20. The number of H-pyrrole nitrogens is 1. The molecule has 7 heteroatoms. The van der Waals surface area contributed by atoms with Crippen molar-refractivity contribution in [3.8, 4) is 21.7 Å². The molecule has 5 rings (SSSR count). The summed E-state index contributed by atoms with van der Waals surface area (Å²) in [5.41, 5.74) is 11.4. The van der Waals surface area contributed by atoms with Crippen molar-refractivity contribution in [2.45, 2.75) is 18.8 Å². The van der Waals surface area contributed by atoms with Crippen molar-refractivity contribution < 1.29 is 0 Å². The summed E-state index contributed by atoms with van der Waals surface area (Å²) in [6.07, 6.45) is 5.96. The molecular formula is C20H20N6S. The molecule has 1 aromatic carbocycles. The molecule has 0 saturated carbocycles. The summed E-state index contributed by atoms with van der Waals surface area (Å²) in [5.74, 6) is 0.997. The number of nitrogens with two attached hydrogens (primary N) is 1. The Labute approximate surface area is 160 Å². The van der Waals surface area contributed by atoms with Gasteiger partial charge in [0.25, 0.3) is 0 Å². The van der Waals surface area contributed by atoms with Crippen LogP contribution in [0.2, 0.25) is 0 Å². The Morgan fingerprint density at radius 1 is 1.07 bits per heavy atom. The van der Waals surface area contributed by atoms with Crippen molar-refractivity contribution in [2.75, 3.05) is 18.8 Å². The van der Waals surface area contributed by atoms with Gasteiger partial charge in [0.2, 0.25) is 0 Å². The van der Waals surface area contributed by atoms with E-state index in [0.717, 1.165) is 57.8 Å². The van der Waals surface area contributed by atoms with Gasteiger partial charge in [0.05, 0.1) is 22.0 Å². The highest BCUT2D eigenvalue weighted by Gasteiger charge is 2.22. The molecule has 1 aliphatic heterocycles. The lowest BCUT2D eigenvalue weighted by molar-refractivity contribution is 0.453. The zero-order valence-electron chi connectivity index (χ0n) is 14.8. The molecule has 27 heavy (non-hydrogen) atoms. The number of hydrogen-bond acceptors (Lipinski definition) is 6. The molecule has 0 radical (unpaired) electrons. The average Bonchev–Trinajstić information content (AvgIpc) is 3.36. The van der Waals surface area contributed by atoms with Crippen LogP contribution >= 0.6 is 11.3 Å². The minimum atomic E-state index is 0.493. The smallest absolute Gasteiger partial charge is 0.133 e. The van der Waals surface area contributed by atoms with Crippen molar-refractivity contribution in [1.29, 1.82) is 0 Å². The third-order valence-corrected chi connectivity index (χ3v) is 6.24. The van der Waals surface area contributed by atoms with Gasteiger partial charge in [-0.3, -0.25) is 5.10 Å². The molecular weight excluding hydrogens is 356 g/mol. The highest BCUT2D eigenvalue weighted by atomic mass is 32.1. The maximum absolute atomic E-state index is 6.20. The fourth-order valence-corrected chi connectivity index (χ4v) is 4.72. The molecule has 0 unspecified atom stereocenters. The van der Waals surface area contributed by atoms with Crippen molar-refractivity contribution in [3.63, 3.8) is 0 Å². The Morgan fingerprint density at radius 2 is 1.93 bits per heavy atom. The highest BCUT2D eigenvalue weighted by Crippen LogP contribution is 2.37. The number of benzene rings is 1. The van der Waals surface area contributed by atoms with Crippen LogP contribution in [0, 0.1) is 0 Å². The van der Waals surface area contributed by atoms with Gasteiger partial charge in [-0.1, -0.05) is 12.1 Å². The van der Waals surface area contributed by atoms with Gasteiger partial charge in [-0.15, -0.1) is 11.3 Å². The van der Waals surface area contributed by atoms with Crippen LogP contribution in [0.15, 0.2) is 42.7 Å². The summed E-state index contributed by atoms with van der Waals surface area (Å²) in [6.45, 7) is 2.08. The number of anilines is 1. The second-order valence-electron chi connectivity index (χ2n) is 6.87. The number of aromatic nitrogens is 4. The highest BCUT2D eigenvalue weighted by molar-refractivity contribution is 7.21. The van der Waals surface area contributed by atoms with Crippen LogP contribution in [0.5, 0.6) is 0 Å². The largest absolute Gasteiger partial charge is 0.383 e. The predicted molar refractivity (Wildman–Crippen MR) is 110 cm³/mol. The molecule has 1 saturated heterocycles. The van der Waals surface area contributed by atoms with Gasteiger partial charge >= 0.3 is 0 Å². The van der Waals surface area contributed by atoms with Crippen LogP contribution in [0.3, 0.4) is 0 Å². The van der Waals surface area contributed by atoms with Crippen molar-refractivity contribution in [2.24, 2.45) is 0 Å². The third kappa shape index (κ3) is 2.98. The topological polar surface area (TPSA) is 92.5 Å². The Morgan fingerprint density at radius 3 is 2.78 bits per heavy atom. The Balaban J connectivity index is 1.57. The summed E-state index contributed by atoms with van der Waals surface area (Å²) in [5, 5.41) is 11.9. The standard InChI is InChI=1S/C20H20N6S/c21-19-14(20-25-16-3-1-2-4-17(16)27-20)9-13(10-23-19)15-11-24-26-18(15)12-5-7-22-8-6-12/h1-4,9-12,22H,5-8H2,(H2,21,23)(H,24,26). The molecule has 0 atom stereocenters. The van der Waals surface area contributed by atoms with Gasteiger partial charge in [0.1, 0.15) is 10.8 Å². The van der Waals surface area contributed by atoms with E-state index < -0.39 is 0 Å². The molecule has 0 bridgehead atoms. The first-order valence-corrected chi connectivity index (χ1v) is 9.97. The lowest BCUT2D eigenvalue weighted by Gasteiger charge is -2.22. The molecule has 0 amide bonds. The average molecular weight is 376 g/mol. The molecule has 136 valence electrons. The van der Waals surface area contributed by atoms with E-state index in [1.165, 1.54) is 5.69 Å². The molecule has 4 heterocycles. The Bertz CT molecular complexity index is 1060. The number of piperidine rings is 1. The number of thiazole rings is 1. The number of nitrogens with one attached hydrogen (secondary N) is 2. The Kier molecular flexibility index (Phi) is 4.10. The number of nitrogens with zero attached hydrogens (tertiary/aromatic N) is 3. The van der Waals surface area contributed by atoms with E-state index in [9.17, 15) is 0 Å². The molecule has 3 aromatic heterocycles. The summed E-state index contributed by atoms with van der Waals surface area (Å²) >= 11 is 1.64. The molecule has 6 nitrogen and oxygen atoms in total. The fraction of sp³-hybridized carbons (Fsp3) is 0.250. The van der Waals surface area contributed by atoms with Crippen LogP contribution in [0.1, 0.15) is 24.5 Å². The quantitative estimate of drug-likeness (QED) is 0.506. The summed E-state index contributed by atoms with van der Waals surface area (Å²) < 4.78 is 1.15. The first-order valence-electron chi connectivity index (χ1n) is 9.15. The molecule has 0 aliphatic carbocycles. The van der Waals surface area contributed by atoms with Gasteiger partial charge < -0.3 is 11.1 Å². The van der Waals surface area contributed by atoms with Crippen LogP contribution < -0.4 is 11.1 Å². The maximum atomic E-state index is 6.20.